The van der Waals surface area contributed by atoms with Gasteiger partial charge in [0.25, 0.3) is 0 Å². The zero-order valence-electron chi connectivity index (χ0n) is 47.2. The molecule has 8 aromatic rings. The number of esters is 1. The number of hydrogen-bond donors (Lipinski definition) is 6. The lowest BCUT2D eigenvalue weighted by atomic mass is 10.1. The third-order valence-electron chi connectivity index (χ3n) is 11.5. The predicted octanol–water partition coefficient (Wildman–Crippen LogP) is 10.5. The summed E-state index contributed by atoms with van der Waals surface area (Å²) in [6.45, 7) is 12.2. The molecular weight excluding hydrogens is 1210 g/mol. The van der Waals surface area contributed by atoms with Gasteiger partial charge in [-0.25, -0.2) is 47.1 Å². The summed E-state index contributed by atoms with van der Waals surface area (Å²) in [5, 5.41) is 45.0. The standard InChI is InChI=1S/C28H28F4N4O6S.C22H28N4O6S.C6H2F4O/c1-4-40-12-19-34-23-24(36(19)14-28(2,3)39)15-7-5-6-8-18(15)33-26(23)35-27(38)41-9-10-43-13-20(37)42-25-21(31)16(29)11-17(30)22(25)32;1-4-31-11-16-24-18-19(26(16)13-22(2,3)30)14-7-5-6-8-15(14)23-20(18)25-21(29)32-9-10-33-12-17(27)28;7-2-1-3(8)5(10)6(11)4(2)9/h5-8,11,39H,4,9-10,12-14H2,1-3H3,(H,33,35,38);5-8,30H,4,9-13H2,1-3H3,(H,27,28)(H,23,25,29);1,11H. The number of rotatable bonds is 23. The van der Waals surface area contributed by atoms with Crippen LogP contribution in [0.4, 0.5) is 56.3 Å². The number of carboxylic acids is 1. The van der Waals surface area contributed by atoms with E-state index in [1.165, 1.54) is 0 Å². The molecule has 4 aromatic heterocycles. The number of phenols is 1. The number of fused-ring (bicyclic) bond motifs is 6. The minimum Gasteiger partial charge on any atom is -0.503 e. The fourth-order valence-corrected chi connectivity index (χ4v) is 9.06. The van der Waals surface area contributed by atoms with Gasteiger partial charge in [0.1, 0.15) is 49.1 Å². The van der Waals surface area contributed by atoms with Crippen molar-refractivity contribution in [3.8, 4) is 11.5 Å². The normalized spacial score (nSPS) is 11.5. The quantitative estimate of drug-likeness (QED) is 0.0114. The van der Waals surface area contributed by atoms with Crippen LogP contribution in [0.1, 0.15) is 53.2 Å². The van der Waals surface area contributed by atoms with Crippen LogP contribution in [0.15, 0.2) is 60.7 Å². The molecule has 0 aliphatic carbocycles. The summed E-state index contributed by atoms with van der Waals surface area (Å²) < 4.78 is 132. The number of imidazole rings is 2. The molecule has 0 saturated heterocycles. The van der Waals surface area contributed by atoms with Crippen LogP contribution in [0.5, 0.6) is 11.5 Å². The lowest BCUT2D eigenvalue weighted by molar-refractivity contribution is -0.134. The van der Waals surface area contributed by atoms with E-state index in [1.807, 2.05) is 59.4 Å². The topological polar surface area (TPSA) is 281 Å². The second kappa shape index (κ2) is 30.5. The fourth-order valence-electron chi connectivity index (χ4n) is 7.97. The fraction of sp³-hybridized carbons (Fsp3) is 0.357. The molecule has 21 nitrogen and oxygen atoms in total. The Kier molecular flexibility index (Phi) is 23.8. The molecule has 4 aromatic carbocycles. The Hall–Kier alpha value is -8.10. The van der Waals surface area contributed by atoms with Crippen molar-refractivity contribution in [3.63, 3.8) is 0 Å². The molecule has 0 atom stereocenters. The van der Waals surface area contributed by atoms with Gasteiger partial charge in [0.2, 0.25) is 29.0 Å². The zero-order valence-corrected chi connectivity index (χ0v) is 48.9. The summed E-state index contributed by atoms with van der Waals surface area (Å²) in [4.78, 5) is 66.0. The van der Waals surface area contributed by atoms with Crippen molar-refractivity contribution in [2.24, 2.45) is 0 Å². The second-order valence-corrected chi connectivity index (χ2v) is 21.8. The van der Waals surface area contributed by atoms with Gasteiger partial charge in [0.15, 0.2) is 40.7 Å². The third kappa shape index (κ3) is 18.5. The first-order chi connectivity index (χ1) is 41.1. The minimum atomic E-state index is -1.83. The molecule has 0 radical (unpaired) electrons. The van der Waals surface area contributed by atoms with Gasteiger partial charge in [-0.3, -0.25) is 20.2 Å². The first-order valence-electron chi connectivity index (χ1n) is 26.1. The van der Waals surface area contributed by atoms with E-state index < -0.39 is 99.1 Å². The van der Waals surface area contributed by atoms with Crippen LogP contribution < -0.4 is 15.4 Å². The number of thioether (sulfide) groups is 2. The molecule has 0 bridgehead atoms. The molecule has 8 rings (SSSR count). The van der Waals surface area contributed by atoms with E-state index in [2.05, 4.69) is 30.3 Å². The number of aromatic nitrogens is 6. The Balaban J connectivity index is 0.000000242. The highest BCUT2D eigenvalue weighted by molar-refractivity contribution is 8.00. The van der Waals surface area contributed by atoms with E-state index in [0.29, 0.717) is 58.2 Å². The molecule has 468 valence electrons. The highest BCUT2D eigenvalue weighted by Crippen LogP contribution is 2.34. The molecular formula is C56H58F8N8O13S2. The van der Waals surface area contributed by atoms with Gasteiger partial charge < -0.3 is 53.2 Å². The van der Waals surface area contributed by atoms with Crippen LogP contribution in [-0.2, 0) is 54.8 Å². The number of pyridine rings is 2. The number of aliphatic carboxylic acids is 1. The molecule has 87 heavy (non-hydrogen) atoms. The molecule has 0 unspecified atom stereocenters. The smallest absolute Gasteiger partial charge is 0.412 e. The maximum atomic E-state index is 13.7. The maximum Gasteiger partial charge on any atom is 0.412 e. The highest BCUT2D eigenvalue weighted by atomic mass is 32.2. The van der Waals surface area contributed by atoms with E-state index in [9.17, 15) is 64.5 Å². The third-order valence-corrected chi connectivity index (χ3v) is 13.3. The van der Waals surface area contributed by atoms with Crippen molar-refractivity contribution >= 4 is 103 Å². The maximum absolute atomic E-state index is 13.7. The van der Waals surface area contributed by atoms with Gasteiger partial charge in [-0.2, -0.15) is 17.6 Å². The number of phenolic OH excluding ortho intramolecular Hbond substituents is 1. The van der Waals surface area contributed by atoms with Gasteiger partial charge >= 0.3 is 24.1 Å². The summed E-state index contributed by atoms with van der Waals surface area (Å²) in [5.41, 5.74) is 1.29. The van der Waals surface area contributed by atoms with Crippen molar-refractivity contribution in [2.75, 3.05) is 60.1 Å². The Labute approximate surface area is 498 Å². The van der Waals surface area contributed by atoms with Crippen LogP contribution in [0.25, 0.3) is 43.9 Å². The second-order valence-electron chi connectivity index (χ2n) is 19.6. The molecule has 6 N–H and O–H groups in total. The number of carbonyl (C=O) groups is 4. The number of nitrogens with one attached hydrogen (secondary N) is 2. The van der Waals surface area contributed by atoms with Gasteiger partial charge in [-0.05, 0) is 53.7 Å². The minimum absolute atomic E-state index is 0.00118. The van der Waals surface area contributed by atoms with E-state index in [4.69, 9.17) is 34.1 Å². The highest BCUT2D eigenvalue weighted by Gasteiger charge is 2.28. The van der Waals surface area contributed by atoms with Gasteiger partial charge in [-0.1, -0.05) is 36.4 Å². The Bertz CT molecular complexity index is 3740. The van der Waals surface area contributed by atoms with Crippen LogP contribution in [0.3, 0.4) is 0 Å². The zero-order chi connectivity index (χ0) is 63.9. The monoisotopic (exact) mass is 1270 g/mol. The number of benzene rings is 4. The number of ether oxygens (including phenoxy) is 5. The predicted molar refractivity (Wildman–Crippen MR) is 305 cm³/mol. The average molecular weight is 1270 g/mol. The van der Waals surface area contributed by atoms with Crippen molar-refractivity contribution in [2.45, 2.75) is 79.0 Å². The number of carbonyl (C=O) groups excluding carboxylic acids is 3. The van der Waals surface area contributed by atoms with E-state index in [0.717, 1.165) is 39.8 Å². The molecule has 31 heteroatoms. The van der Waals surface area contributed by atoms with Gasteiger partial charge in [0, 0.05) is 47.6 Å². The van der Waals surface area contributed by atoms with Crippen molar-refractivity contribution < 1.29 is 98.4 Å². The van der Waals surface area contributed by atoms with E-state index in [1.54, 1.807) is 39.8 Å². The van der Waals surface area contributed by atoms with Crippen LogP contribution >= 0.6 is 23.5 Å². The molecule has 0 aliphatic rings. The lowest BCUT2D eigenvalue weighted by Gasteiger charge is -2.20. The number of aromatic hydroxyl groups is 1. The number of carboxylic acid groups (broad SMARTS) is 1. The number of hydrogen-bond acceptors (Lipinski definition) is 18. The number of nitrogens with zero attached hydrogens (tertiary/aromatic N) is 6. The lowest BCUT2D eigenvalue weighted by Crippen LogP contribution is -2.27. The van der Waals surface area contributed by atoms with Crippen molar-refractivity contribution in [3.05, 3.63) is 119 Å². The van der Waals surface area contributed by atoms with E-state index in [-0.39, 0.29) is 74.8 Å². The number of aliphatic hydroxyl groups is 2. The van der Waals surface area contributed by atoms with Crippen molar-refractivity contribution in [1.29, 1.82) is 0 Å². The molecule has 0 spiro atoms. The molecule has 0 fully saturated rings. The summed E-state index contributed by atoms with van der Waals surface area (Å²) in [7, 11) is 0. The summed E-state index contributed by atoms with van der Waals surface area (Å²) in [6, 6.07) is 14.8. The van der Waals surface area contributed by atoms with Crippen LogP contribution in [0, 0.1) is 46.5 Å². The number of para-hydroxylation sites is 2. The molecule has 0 aliphatic heterocycles. The Morgan fingerprint density at radius 1 is 0.586 bits per heavy atom. The van der Waals surface area contributed by atoms with Crippen molar-refractivity contribution in [1.82, 2.24) is 29.1 Å². The van der Waals surface area contributed by atoms with Gasteiger partial charge in [-0.15, -0.1) is 23.5 Å². The number of halogens is 8. The Morgan fingerprint density at radius 2 is 0.977 bits per heavy atom. The summed E-state index contributed by atoms with van der Waals surface area (Å²) >= 11 is 2.05. The molecule has 2 amide bonds. The summed E-state index contributed by atoms with van der Waals surface area (Å²) in [5.74, 6) is -17.7. The van der Waals surface area contributed by atoms with E-state index >= 15 is 0 Å². The largest absolute Gasteiger partial charge is 0.503 e. The first-order valence-corrected chi connectivity index (χ1v) is 28.4. The van der Waals surface area contributed by atoms with Crippen LogP contribution in [0.2, 0.25) is 0 Å². The summed E-state index contributed by atoms with van der Waals surface area (Å²) in [6.07, 6.45) is -1.58. The molecule has 0 saturated carbocycles. The number of amides is 2. The van der Waals surface area contributed by atoms with Crippen LogP contribution in [-0.4, -0.2) is 134 Å². The first kappa shape index (κ1) is 68.0. The SMILES string of the molecule is CCOCc1nc2c(NC(=O)OCCSCC(=O)O)nc3ccccc3c2n1CC(C)(C)O.CCOCc1nc2c(NC(=O)OCCSCC(=O)Oc3c(F)c(F)cc(F)c3F)nc3ccccc3c2n1CC(C)(C)O.Oc1c(F)c(F)cc(F)c1F. The van der Waals surface area contributed by atoms with Gasteiger partial charge in [0.05, 0.1) is 57.9 Å². The molecule has 4 heterocycles. The Morgan fingerprint density at radius 3 is 1.37 bits per heavy atom. The average Bonchev–Trinajstić information content (AvgIpc) is 1.66. The number of anilines is 2.